The van der Waals surface area contributed by atoms with Crippen LogP contribution in [0.5, 0.6) is 23.0 Å². The first-order chi connectivity index (χ1) is 19.5. The highest BCUT2D eigenvalue weighted by atomic mass is 16.6. The van der Waals surface area contributed by atoms with Gasteiger partial charge in [0.05, 0.1) is 27.2 Å². The number of nitrogens with zero attached hydrogens (tertiary/aromatic N) is 1. The summed E-state index contributed by atoms with van der Waals surface area (Å²) in [7, 11) is 4.55. The molecule has 0 aliphatic rings. The molecule has 0 unspecified atom stereocenters. The number of methoxy groups -OCH3 is 3. The zero-order valence-electron chi connectivity index (χ0n) is 24.6. The molecule has 1 amide bonds. The summed E-state index contributed by atoms with van der Waals surface area (Å²) in [6, 6.07) is 12.0. The largest absolute Gasteiger partial charge is 0.496 e. The van der Waals surface area contributed by atoms with E-state index in [0.717, 1.165) is 22.3 Å². The van der Waals surface area contributed by atoms with Gasteiger partial charge in [0, 0.05) is 30.3 Å². The highest BCUT2D eigenvalue weighted by Gasteiger charge is 2.32. The Kier molecular flexibility index (Phi) is 10.3. The second-order valence-corrected chi connectivity index (χ2v) is 9.59. The number of pyridine rings is 1. The molecule has 41 heavy (non-hydrogen) atoms. The number of aryl methyl sites for hydroxylation is 2. The lowest BCUT2D eigenvalue weighted by Gasteiger charge is -2.29. The van der Waals surface area contributed by atoms with Crippen molar-refractivity contribution in [1.29, 1.82) is 0 Å². The van der Waals surface area contributed by atoms with Crippen molar-refractivity contribution in [2.24, 2.45) is 0 Å². The van der Waals surface area contributed by atoms with E-state index in [1.54, 1.807) is 21.1 Å². The van der Waals surface area contributed by atoms with E-state index in [2.05, 4.69) is 10.3 Å². The normalized spacial score (nSPS) is 12.2. The molecule has 0 radical (unpaired) electrons. The summed E-state index contributed by atoms with van der Waals surface area (Å²) in [5.74, 6) is -1.25. The monoisotopic (exact) mass is 564 g/mol. The first kappa shape index (κ1) is 30.9. The lowest BCUT2D eigenvalue weighted by molar-refractivity contribution is -0.150. The number of carbonyl (C=O) groups excluding carboxylic acids is 3. The van der Waals surface area contributed by atoms with Crippen molar-refractivity contribution < 1.29 is 38.1 Å². The van der Waals surface area contributed by atoms with Crippen molar-refractivity contribution in [3.63, 3.8) is 0 Å². The zero-order chi connectivity index (χ0) is 30.3. The summed E-state index contributed by atoms with van der Waals surface area (Å²) in [6.07, 6.45) is 0.641. The van der Waals surface area contributed by atoms with Gasteiger partial charge in [-0.25, -0.2) is 9.78 Å². The van der Waals surface area contributed by atoms with Crippen LogP contribution >= 0.6 is 0 Å². The molecule has 1 N–H and O–H groups in total. The quantitative estimate of drug-likeness (QED) is 0.335. The number of aromatic nitrogens is 1. The Labute approximate surface area is 239 Å². The molecule has 0 aliphatic heterocycles. The summed E-state index contributed by atoms with van der Waals surface area (Å²) >= 11 is 0. The maximum atomic E-state index is 13.3. The van der Waals surface area contributed by atoms with Crippen LogP contribution in [0.2, 0.25) is 0 Å². The highest BCUT2D eigenvalue weighted by Crippen LogP contribution is 2.40. The van der Waals surface area contributed by atoms with Crippen LogP contribution in [0.25, 0.3) is 0 Å². The van der Waals surface area contributed by atoms with E-state index in [-0.39, 0.29) is 17.2 Å². The predicted octanol–water partition coefficient (Wildman–Crippen LogP) is 4.53. The molecule has 10 heteroatoms. The van der Waals surface area contributed by atoms with Crippen LogP contribution in [-0.4, -0.2) is 56.3 Å². The molecule has 218 valence electrons. The fourth-order valence-electron chi connectivity index (χ4n) is 4.50. The van der Waals surface area contributed by atoms with E-state index < -0.39 is 35.9 Å². The van der Waals surface area contributed by atoms with Gasteiger partial charge < -0.3 is 29.0 Å². The molecule has 10 nitrogen and oxygen atoms in total. The molecule has 0 saturated carbocycles. The Hall–Kier alpha value is -4.60. The first-order valence-corrected chi connectivity index (χ1v) is 13.0. The molecule has 2 atom stereocenters. The average Bonchev–Trinajstić information content (AvgIpc) is 2.94. The molecule has 0 aliphatic carbocycles. The molecule has 0 fully saturated rings. The minimum Gasteiger partial charge on any atom is -0.496 e. The van der Waals surface area contributed by atoms with E-state index >= 15 is 0 Å². The SMILES string of the molecule is COc1cc(C)ccc1C(c1ccc(C)cc1OC)[C@H](C)OC(=O)[C@H](C)NC(=O)c1nccc(OC)c1OC(C)=O. The van der Waals surface area contributed by atoms with E-state index in [4.69, 9.17) is 23.7 Å². The topological polar surface area (TPSA) is 122 Å². The zero-order valence-corrected chi connectivity index (χ0v) is 24.6. The van der Waals surface area contributed by atoms with Crippen molar-refractivity contribution in [2.45, 2.75) is 52.7 Å². The van der Waals surface area contributed by atoms with Crippen molar-refractivity contribution >= 4 is 17.8 Å². The van der Waals surface area contributed by atoms with Gasteiger partial charge in [-0.3, -0.25) is 9.59 Å². The van der Waals surface area contributed by atoms with E-state index in [1.807, 2.05) is 50.2 Å². The highest BCUT2D eigenvalue weighted by molar-refractivity contribution is 5.98. The standard InChI is InChI=1S/C31H36N2O8/c1-17-9-11-22(25(15-17)38-7)27(23-12-10-18(2)16-26(23)39-8)20(4)40-31(36)19(3)33-30(35)28-29(41-21(5)34)24(37-6)13-14-32-28/h9-16,19-20,27H,1-8H3,(H,33,35)/t19-,20-/m0/s1. The van der Waals surface area contributed by atoms with Gasteiger partial charge in [0.15, 0.2) is 11.4 Å². The number of ether oxygens (including phenoxy) is 5. The molecule has 1 heterocycles. The number of nitrogens with one attached hydrogen (secondary N) is 1. The molecular weight excluding hydrogens is 528 g/mol. The number of hydrogen-bond donors (Lipinski definition) is 1. The van der Waals surface area contributed by atoms with Gasteiger partial charge in [0.25, 0.3) is 5.91 Å². The number of amides is 1. The fourth-order valence-corrected chi connectivity index (χ4v) is 4.50. The molecule has 3 aromatic rings. The van der Waals surface area contributed by atoms with Crippen molar-refractivity contribution in [3.05, 3.63) is 76.6 Å². The van der Waals surface area contributed by atoms with Crippen molar-refractivity contribution in [1.82, 2.24) is 10.3 Å². The lowest BCUT2D eigenvalue weighted by atomic mass is 9.85. The maximum absolute atomic E-state index is 13.3. The van der Waals surface area contributed by atoms with Crippen LogP contribution in [0.4, 0.5) is 0 Å². The Morgan fingerprint density at radius 3 is 1.83 bits per heavy atom. The molecule has 1 aromatic heterocycles. The number of esters is 2. The van der Waals surface area contributed by atoms with E-state index in [1.165, 1.54) is 33.2 Å². The van der Waals surface area contributed by atoms with Gasteiger partial charge in [-0.05, 0) is 51.0 Å². The maximum Gasteiger partial charge on any atom is 0.328 e. The Morgan fingerprint density at radius 2 is 1.34 bits per heavy atom. The molecular formula is C31H36N2O8. The van der Waals surface area contributed by atoms with Gasteiger partial charge in [-0.1, -0.05) is 24.3 Å². The molecule has 0 bridgehead atoms. The average molecular weight is 565 g/mol. The van der Waals surface area contributed by atoms with Crippen LogP contribution in [0.1, 0.15) is 59.4 Å². The summed E-state index contributed by atoms with van der Waals surface area (Å²) in [4.78, 5) is 42.0. The third-order valence-electron chi connectivity index (χ3n) is 6.47. The van der Waals surface area contributed by atoms with Gasteiger partial charge in [0.2, 0.25) is 5.75 Å². The third kappa shape index (κ3) is 7.33. The van der Waals surface area contributed by atoms with Crippen molar-refractivity contribution in [3.8, 4) is 23.0 Å². The van der Waals surface area contributed by atoms with Gasteiger partial charge in [0.1, 0.15) is 23.6 Å². The number of hydrogen-bond acceptors (Lipinski definition) is 9. The second kappa shape index (κ2) is 13.6. The predicted molar refractivity (Wildman–Crippen MR) is 152 cm³/mol. The second-order valence-electron chi connectivity index (χ2n) is 9.59. The Balaban J connectivity index is 1.90. The molecule has 3 rings (SSSR count). The molecule has 0 spiro atoms. The van der Waals surface area contributed by atoms with Crippen molar-refractivity contribution in [2.75, 3.05) is 21.3 Å². The minimum atomic E-state index is -1.07. The van der Waals surface area contributed by atoms with E-state index in [0.29, 0.717) is 11.5 Å². The minimum absolute atomic E-state index is 0.145. The summed E-state index contributed by atoms with van der Waals surface area (Å²) < 4.78 is 27.7. The molecule has 2 aromatic carbocycles. The summed E-state index contributed by atoms with van der Waals surface area (Å²) in [5, 5.41) is 2.57. The Morgan fingerprint density at radius 1 is 0.805 bits per heavy atom. The van der Waals surface area contributed by atoms with E-state index in [9.17, 15) is 14.4 Å². The number of carbonyl (C=O) groups is 3. The van der Waals surface area contributed by atoms with Crippen LogP contribution in [-0.2, 0) is 14.3 Å². The lowest BCUT2D eigenvalue weighted by Crippen LogP contribution is -2.41. The summed E-state index contributed by atoms with van der Waals surface area (Å²) in [5.41, 5.74) is 3.44. The van der Waals surface area contributed by atoms with Crippen LogP contribution < -0.4 is 24.3 Å². The smallest absolute Gasteiger partial charge is 0.328 e. The van der Waals surface area contributed by atoms with Crippen LogP contribution in [0.3, 0.4) is 0 Å². The number of rotatable bonds is 11. The Bertz CT molecular complexity index is 1370. The third-order valence-corrected chi connectivity index (χ3v) is 6.47. The van der Waals surface area contributed by atoms with Gasteiger partial charge in [-0.15, -0.1) is 0 Å². The number of benzene rings is 2. The van der Waals surface area contributed by atoms with Gasteiger partial charge in [-0.2, -0.15) is 0 Å². The summed E-state index contributed by atoms with van der Waals surface area (Å²) in [6.45, 7) is 8.39. The van der Waals surface area contributed by atoms with Crippen LogP contribution in [0, 0.1) is 13.8 Å². The van der Waals surface area contributed by atoms with Crippen LogP contribution in [0.15, 0.2) is 48.7 Å². The fraction of sp³-hybridized carbons (Fsp3) is 0.355. The van der Waals surface area contributed by atoms with Gasteiger partial charge >= 0.3 is 11.9 Å². The first-order valence-electron chi connectivity index (χ1n) is 13.0. The molecule has 0 saturated heterocycles.